The van der Waals surface area contributed by atoms with Gasteiger partial charge in [-0.15, -0.1) is 11.6 Å². The molecule has 1 saturated heterocycles. The van der Waals surface area contributed by atoms with Crippen molar-refractivity contribution in [3.63, 3.8) is 0 Å². The predicted octanol–water partition coefficient (Wildman–Crippen LogP) is 4.09. The summed E-state index contributed by atoms with van der Waals surface area (Å²) in [6.07, 6.45) is 8.49. The lowest BCUT2D eigenvalue weighted by atomic mass is 9.98. The van der Waals surface area contributed by atoms with E-state index in [1.165, 1.54) is 50.0 Å². The molecule has 0 aromatic rings. The molecule has 16 heavy (non-hydrogen) atoms. The molecule has 2 rings (SSSR count). The lowest BCUT2D eigenvalue weighted by molar-refractivity contribution is -0.0267. The zero-order valence-electron chi connectivity index (χ0n) is 10.2. The summed E-state index contributed by atoms with van der Waals surface area (Å²) < 4.78 is 6.27. The van der Waals surface area contributed by atoms with Crippen molar-refractivity contribution in [2.45, 2.75) is 57.2 Å². The SMILES string of the molecule is CC(CCl)CSCC1CCC2(CCCC2)O1. The third-order valence-corrected chi connectivity index (χ3v) is 5.76. The van der Waals surface area contributed by atoms with Gasteiger partial charge in [0.25, 0.3) is 0 Å². The van der Waals surface area contributed by atoms with E-state index in [4.69, 9.17) is 16.3 Å². The molecule has 0 aromatic carbocycles. The van der Waals surface area contributed by atoms with Crippen LogP contribution in [-0.4, -0.2) is 29.1 Å². The maximum Gasteiger partial charge on any atom is 0.0687 e. The largest absolute Gasteiger partial charge is 0.371 e. The van der Waals surface area contributed by atoms with Gasteiger partial charge in [0.1, 0.15) is 0 Å². The highest BCUT2D eigenvalue weighted by Gasteiger charge is 2.41. The van der Waals surface area contributed by atoms with Crippen molar-refractivity contribution < 1.29 is 4.74 Å². The molecule has 2 aliphatic rings. The number of halogens is 1. The molecule has 1 saturated carbocycles. The van der Waals surface area contributed by atoms with Crippen LogP contribution < -0.4 is 0 Å². The first-order valence-electron chi connectivity index (χ1n) is 6.56. The van der Waals surface area contributed by atoms with Gasteiger partial charge in [-0.1, -0.05) is 19.8 Å². The van der Waals surface area contributed by atoms with Crippen molar-refractivity contribution in [2.24, 2.45) is 5.92 Å². The minimum absolute atomic E-state index is 0.309. The quantitative estimate of drug-likeness (QED) is 0.691. The Kier molecular flexibility index (Phi) is 4.87. The molecule has 0 amide bonds. The van der Waals surface area contributed by atoms with Crippen LogP contribution in [0.1, 0.15) is 45.4 Å². The van der Waals surface area contributed by atoms with E-state index in [0.717, 1.165) is 5.88 Å². The van der Waals surface area contributed by atoms with Crippen LogP contribution in [0.3, 0.4) is 0 Å². The van der Waals surface area contributed by atoms with Crippen molar-refractivity contribution in [3.8, 4) is 0 Å². The number of hydrogen-bond acceptors (Lipinski definition) is 2. The summed E-state index contributed by atoms with van der Waals surface area (Å²) in [5.41, 5.74) is 0.309. The zero-order chi connectivity index (χ0) is 11.4. The van der Waals surface area contributed by atoms with E-state index in [0.29, 0.717) is 17.6 Å². The number of rotatable bonds is 5. The molecule has 0 N–H and O–H groups in total. The summed E-state index contributed by atoms with van der Waals surface area (Å²) in [4.78, 5) is 0. The van der Waals surface area contributed by atoms with Gasteiger partial charge in [0, 0.05) is 11.6 Å². The molecule has 0 bridgehead atoms. The topological polar surface area (TPSA) is 9.23 Å². The number of thioether (sulfide) groups is 1. The first-order valence-corrected chi connectivity index (χ1v) is 8.24. The standard InChI is InChI=1S/C13H23ClOS/c1-11(8-14)9-16-10-12-4-7-13(15-12)5-2-3-6-13/h11-12H,2-10H2,1H3. The van der Waals surface area contributed by atoms with Crippen LogP contribution in [-0.2, 0) is 4.74 Å². The maximum absolute atomic E-state index is 6.27. The summed E-state index contributed by atoms with van der Waals surface area (Å²) in [6, 6.07) is 0. The minimum atomic E-state index is 0.309. The summed E-state index contributed by atoms with van der Waals surface area (Å²) >= 11 is 7.82. The van der Waals surface area contributed by atoms with Gasteiger partial charge in [0.05, 0.1) is 11.7 Å². The zero-order valence-corrected chi connectivity index (χ0v) is 11.8. The first kappa shape index (κ1) is 13.0. The fourth-order valence-corrected chi connectivity index (χ4v) is 4.24. The third-order valence-electron chi connectivity index (χ3n) is 3.82. The molecule has 1 heterocycles. The lowest BCUT2D eigenvalue weighted by Crippen LogP contribution is -2.25. The van der Waals surface area contributed by atoms with E-state index in [2.05, 4.69) is 6.92 Å². The van der Waals surface area contributed by atoms with Crippen molar-refractivity contribution in [1.82, 2.24) is 0 Å². The smallest absolute Gasteiger partial charge is 0.0687 e. The van der Waals surface area contributed by atoms with Crippen molar-refractivity contribution in [3.05, 3.63) is 0 Å². The third kappa shape index (κ3) is 3.30. The average molecular weight is 263 g/mol. The maximum atomic E-state index is 6.27. The van der Waals surface area contributed by atoms with Gasteiger partial charge >= 0.3 is 0 Å². The number of hydrogen-bond donors (Lipinski definition) is 0. The molecule has 94 valence electrons. The molecule has 0 radical (unpaired) electrons. The lowest BCUT2D eigenvalue weighted by Gasteiger charge is -2.23. The normalized spacial score (nSPS) is 30.0. The van der Waals surface area contributed by atoms with Crippen LogP contribution in [0.25, 0.3) is 0 Å². The van der Waals surface area contributed by atoms with Crippen LogP contribution in [0.5, 0.6) is 0 Å². The van der Waals surface area contributed by atoms with Gasteiger partial charge in [-0.25, -0.2) is 0 Å². The van der Waals surface area contributed by atoms with Crippen LogP contribution in [0, 0.1) is 5.92 Å². The molecule has 1 aliphatic carbocycles. The van der Waals surface area contributed by atoms with Crippen molar-refractivity contribution in [1.29, 1.82) is 0 Å². The molecule has 2 atom stereocenters. The van der Waals surface area contributed by atoms with Gasteiger partial charge in [0.2, 0.25) is 0 Å². The molecule has 1 nitrogen and oxygen atoms in total. The van der Waals surface area contributed by atoms with E-state index < -0.39 is 0 Å². The summed E-state index contributed by atoms with van der Waals surface area (Å²) in [5, 5.41) is 0. The van der Waals surface area contributed by atoms with Crippen LogP contribution in [0.4, 0.5) is 0 Å². The van der Waals surface area contributed by atoms with E-state index in [1.54, 1.807) is 0 Å². The van der Waals surface area contributed by atoms with E-state index >= 15 is 0 Å². The Bertz CT molecular complexity index is 216. The van der Waals surface area contributed by atoms with E-state index in [9.17, 15) is 0 Å². The van der Waals surface area contributed by atoms with Gasteiger partial charge in [-0.3, -0.25) is 0 Å². The van der Waals surface area contributed by atoms with Crippen LogP contribution in [0.15, 0.2) is 0 Å². The van der Waals surface area contributed by atoms with E-state index in [-0.39, 0.29) is 0 Å². The second kappa shape index (κ2) is 5.97. The second-order valence-corrected chi connectivity index (χ2v) is 6.85. The molecular weight excluding hydrogens is 240 g/mol. The van der Waals surface area contributed by atoms with Gasteiger partial charge in [-0.2, -0.15) is 11.8 Å². The molecular formula is C13H23ClOS. The Morgan fingerprint density at radius 3 is 2.81 bits per heavy atom. The fraction of sp³-hybridized carbons (Fsp3) is 1.00. The second-order valence-electron chi connectivity index (χ2n) is 5.47. The molecule has 3 heteroatoms. The molecule has 2 fully saturated rings. The van der Waals surface area contributed by atoms with Crippen LogP contribution >= 0.6 is 23.4 Å². The first-order chi connectivity index (χ1) is 7.74. The minimum Gasteiger partial charge on any atom is -0.371 e. The molecule has 2 unspecified atom stereocenters. The fourth-order valence-electron chi connectivity index (χ4n) is 2.85. The highest BCUT2D eigenvalue weighted by Crippen LogP contribution is 2.43. The Morgan fingerprint density at radius 1 is 1.38 bits per heavy atom. The summed E-state index contributed by atoms with van der Waals surface area (Å²) in [7, 11) is 0. The number of ether oxygens (including phenoxy) is 1. The van der Waals surface area contributed by atoms with Gasteiger partial charge in [0.15, 0.2) is 0 Å². The Labute approximate surface area is 109 Å². The van der Waals surface area contributed by atoms with E-state index in [1.807, 2.05) is 11.8 Å². The van der Waals surface area contributed by atoms with Crippen molar-refractivity contribution >= 4 is 23.4 Å². The van der Waals surface area contributed by atoms with Crippen LogP contribution in [0.2, 0.25) is 0 Å². The van der Waals surface area contributed by atoms with Gasteiger partial charge < -0.3 is 4.74 Å². The summed E-state index contributed by atoms with van der Waals surface area (Å²) in [6.45, 7) is 2.22. The molecule has 1 aliphatic heterocycles. The van der Waals surface area contributed by atoms with Gasteiger partial charge in [-0.05, 0) is 37.4 Å². The number of alkyl halides is 1. The highest BCUT2D eigenvalue weighted by atomic mass is 35.5. The molecule has 1 spiro atoms. The average Bonchev–Trinajstić information content (AvgIpc) is 2.90. The predicted molar refractivity (Wildman–Crippen MR) is 72.5 cm³/mol. The van der Waals surface area contributed by atoms with Crippen molar-refractivity contribution in [2.75, 3.05) is 17.4 Å². The Hall–Kier alpha value is 0.600. The Balaban J connectivity index is 1.65. The molecule has 0 aromatic heterocycles. The monoisotopic (exact) mass is 262 g/mol. The Morgan fingerprint density at radius 2 is 2.12 bits per heavy atom. The summed E-state index contributed by atoms with van der Waals surface area (Å²) in [5.74, 6) is 3.76. The highest BCUT2D eigenvalue weighted by molar-refractivity contribution is 7.99.